The van der Waals surface area contributed by atoms with Crippen LogP contribution in [0.3, 0.4) is 0 Å². The summed E-state index contributed by atoms with van der Waals surface area (Å²) in [5, 5.41) is 2.59. The van der Waals surface area contributed by atoms with Crippen molar-refractivity contribution in [3.63, 3.8) is 0 Å². The second-order valence-corrected chi connectivity index (χ2v) is 3.70. The molecule has 0 atom stereocenters. The first kappa shape index (κ1) is 11.3. The van der Waals surface area contributed by atoms with Gasteiger partial charge >= 0.3 is 0 Å². The van der Waals surface area contributed by atoms with Crippen LogP contribution in [0.15, 0.2) is 36.7 Å². The molecule has 0 aliphatic carbocycles. The second-order valence-electron chi connectivity index (χ2n) is 3.70. The fourth-order valence-electron chi connectivity index (χ4n) is 1.55. The first-order valence-corrected chi connectivity index (χ1v) is 5.32. The number of rotatable bonds is 2. The number of aryl methyl sites for hydroxylation is 1. The third-order valence-electron chi connectivity index (χ3n) is 2.47. The fourth-order valence-corrected chi connectivity index (χ4v) is 1.55. The minimum absolute atomic E-state index is 0.0876. The summed E-state index contributed by atoms with van der Waals surface area (Å²) in [7, 11) is 1.62. The summed E-state index contributed by atoms with van der Waals surface area (Å²) >= 11 is 0. The minimum Gasteiger partial charge on any atom is -0.355 e. The first-order chi connectivity index (χ1) is 8.20. The van der Waals surface area contributed by atoms with E-state index in [0.717, 1.165) is 17.0 Å². The molecular weight excluding hydrogens is 214 g/mol. The van der Waals surface area contributed by atoms with E-state index in [4.69, 9.17) is 0 Å². The van der Waals surface area contributed by atoms with Gasteiger partial charge < -0.3 is 5.32 Å². The average Bonchev–Trinajstić information content (AvgIpc) is 2.38. The normalized spacial score (nSPS) is 10.0. The summed E-state index contributed by atoms with van der Waals surface area (Å²) in [6.45, 7) is 1.92. The summed E-state index contributed by atoms with van der Waals surface area (Å²) in [4.78, 5) is 19.6. The molecule has 0 spiro atoms. The molecule has 4 heteroatoms. The van der Waals surface area contributed by atoms with E-state index in [1.54, 1.807) is 19.2 Å². The fraction of sp³-hybridized carbons (Fsp3) is 0.154. The molecule has 0 aliphatic heterocycles. The van der Waals surface area contributed by atoms with E-state index in [2.05, 4.69) is 15.3 Å². The number of nitrogens with zero attached hydrogens (tertiary/aromatic N) is 2. The monoisotopic (exact) mass is 227 g/mol. The van der Waals surface area contributed by atoms with Gasteiger partial charge in [0.25, 0.3) is 5.91 Å². The zero-order valence-corrected chi connectivity index (χ0v) is 9.77. The Kier molecular flexibility index (Phi) is 3.14. The highest BCUT2D eigenvalue weighted by atomic mass is 16.1. The largest absolute Gasteiger partial charge is 0.355 e. The summed E-state index contributed by atoms with van der Waals surface area (Å²) in [6.07, 6.45) is 1.54. The quantitative estimate of drug-likeness (QED) is 0.851. The smallest absolute Gasteiger partial charge is 0.251 e. The highest BCUT2D eigenvalue weighted by Gasteiger charge is 2.04. The zero-order chi connectivity index (χ0) is 12.3. The van der Waals surface area contributed by atoms with Crippen LogP contribution in [0.5, 0.6) is 0 Å². The molecule has 1 aromatic carbocycles. The van der Waals surface area contributed by atoms with Crippen molar-refractivity contribution in [1.29, 1.82) is 0 Å². The van der Waals surface area contributed by atoms with Crippen LogP contribution in [0.2, 0.25) is 0 Å². The number of hydrogen-bond donors (Lipinski definition) is 1. The predicted molar refractivity (Wildman–Crippen MR) is 65.6 cm³/mol. The van der Waals surface area contributed by atoms with Gasteiger partial charge in [-0.15, -0.1) is 0 Å². The van der Waals surface area contributed by atoms with Gasteiger partial charge in [-0.3, -0.25) is 4.79 Å². The average molecular weight is 227 g/mol. The number of nitrogens with one attached hydrogen (secondary N) is 1. The third-order valence-corrected chi connectivity index (χ3v) is 2.47. The number of carbonyl (C=O) groups excluding carboxylic acids is 1. The standard InChI is InChI=1S/C13H13N3O/c1-9-7-12(16-8-15-9)10-3-5-11(6-4-10)13(17)14-2/h3-8H,1-2H3,(H,14,17). The van der Waals surface area contributed by atoms with Crippen LogP contribution in [0.25, 0.3) is 11.3 Å². The van der Waals surface area contributed by atoms with Gasteiger partial charge in [0.05, 0.1) is 5.69 Å². The van der Waals surface area contributed by atoms with Crippen molar-refractivity contribution in [1.82, 2.24) is 15.3 Å². The van der Waals surface area contributed by atoms with Gasteiger partial charge in [0.2, 0.25) is 0 Å². The molecule has 1 heterocycles. The predicted octanol–water partition coefficient (Wildman–Crippen LogP) is 1.81. The molecule has 86 valence electrons. The van der Waals surface area contributed by atoms with Gasteiger partial charge in [-0.2, -0.15) is 0 Å². The Hall–Kier alpha value is -2.23. The SMILES string of the molecule is CNC(=O)c1ccc(-c2cc(C)ncn2)cc1. The Bertz CT molecular complexity index is 535. The van der Waals surface area contributed by atoms with E-state index in [-0.39, 0.29) is 5.91 Å². The van der Waals surface area contributed by atoms with E-state index in [1.165, 1.54) is 6.33 Å². The highest BCUT2D eigenvalue weighted by molar-refractivity contribution is 5.94. The molecule has 0 unspecified atom stereocenters. The lowest BCUT2D eigenvalue weighted by Gasteiger charge is -2.03. The molecule has 2 rings (SSSR count). The zero-order valence-electron chi connectivity index (χ0n) is 9.77. The lowest BCUT2D eigenvalue weighted by atomic mass is 10.1. The number of benzene rings is 1. The lowest BCUT2D eigenvalue weighted by Crippen LogP contribution is -2.17. The van der Waals surface area contributed by atoms with Crippen LogP contribution in [0, 0.1) is 6.92 Å². The van der Waals surface area contributed by atoms with Gasteiger partial charge in [-0.1, -0.05) is 12.1 Å². The molecule has 2 aromatic rings. The molecule has 17 heavy (non-hydrogen) atoms. The highest BCUT2D eigenvalue weighted by Crippen LogP contribution is 2.17. The van der Waals surface area contributed by atoms with Crippen molar-refractivity contribution >= 4 is 5.91 Å². The van der Waals surface area contributed by atoms with Gasteiger partial charge in [0.15, 0.2) is 0 Å². The summed E-state index contributed by atoms with van der Waals surface area (Å²) in [5.41, 5.74) is 3.40. The molecule has 0 bridgehead atoms. The summed E-state index contributed by atoms with van der Waals surface area (Å²) in [5.74, 6) is -0.0876. The van der Waals surface area contributed by atoms with Crippen LogP contribution >= 0.6 is 0 Å². The maximum Gasteiger partial charge on any atom is 0.251 e. The van der Waals surface area contributed by atoms with Crippen LogP contribution in [-0.4, -0.2) is 22.9 Å². The van der Waals surface area contributed by atoms with Crippen molar-refractivity contribution in [2.45, 2.75) is 6.92 Å². The second kappa shape index (κ2) is 4.74. The molecule has 0 radical (unpaired) electrons. The Labute approximate surface area is 99.7 Å². The van der Waals surface area contributed by atoms with E-state index in [0.29, 0.717) is 5.56 Å². The van der Waals surface area contributed by atoms with E-state index < -0.39 is 0 Å². The van der Waals surface area contributed by atoms with Crippen molar-refractivity contribution in [3.05, 3.63) is 47.9 Å². The third kappa shape index (κ3) is 2.47. The van der Waals surface area contributed by atoms with Gasteiger partial charge in [-0.05, 0) is 25.1 Å². The first-order valence-electron chi connectivity index (χ1n) is 5.32. The van der Waals surface area contributed by atoms with E-state index in [9.17, 15) is 4.79 Å². The van der Waals surface area contributed by atoms with Gasteiger partial charge in [0, 0.05) is 23.9 Å². The van der Waals surface area contributed by atoms with Gasteiger partial charge in [0.1, 0.15) is 6.33 Å². The Morgan fingerprint density at radius 1 is 1.18 bits per heavy atom. The van der Waals surface area contributed by atoms with Crippen LogP contribution in [0.1, 0.15) is 16.1 Å². The van der Waals surface area contributed by atoms with Crippen LogP contribution in [-0.2, 0) is 0 Å². The molecule has 1 amide bonds. The number of carbonyl (C=O) groups is 1. The molecule has 0 saturated carbocycles. The van der Waals surface area contributed by atoms with Crippen molar-refractivity contribution in [2.24, 2.45) is 0 Å². The number of aromatic nitrogens is 2. The minimum atomic E-state index is -0.0876. The maximum absolute atomic E-state index is 11.4. The molecule has 0 fully saturated rings. The van der Waals surface area contributed by atoms with Crippen LogP contribution < -0.4 is 5.32 Å². The summed E-state index contributed by atoms with van der Waals surface area (Å²) in [6, 6.07) is 9.24. The topological polar surface area (TPSA) is 54.9 Å². The molecule has 0 saturated heterocycles. The summed E-state index contributed by atoms with van der Waals surface area (Å²) < 4.78 is 0. The van der Waals surface area contributed by atoms with Crippen LogP contribution in [0.4, 0.5) is 0 Å². The molecule has 1 N–H and O–H groups in total. The van der Waals surface area contributed by atoms with E-state index >= 15 is 0 Å². The van der Waals surface area contributed by atoms with Gasteiger partial charge in [-0.25, -0.2) is 9.97 Å². The Morgan fingerprint density at radius 3 is 2.47 bits per heavy atom. The number of amides is 1. The number of hydrogen-bond acceptors (Lipinski definition) is 3. The molecule has 0 aliphatic rings. The van der Waals surface area contributed by atoms with Crippen molar-refractivity contribution in [3.8, 4) is 11.3 Å². The van der Waals surface area contributed by atoms with Crippen molar-refractivity contribution < 1.29 is 4.79 Å². The molecule has 4 nitrogen and oxygen atoms in total. The lowest BCUT2D eigenvalue weighted by molar-refractivity contribution is 0.0963. The molecule has 1 aromatic heterocycles. The Balaban J connectivity index is 2.32. The van der Waals surface area contributed by atoms with Crippen molar-refractivity contribution in [2.75, 3.05) is 7.05 Å². The Morgan fingerprint density at radius 2 is 1.88 bits per heavy atom. The van der Waals surface area contributed by atoms with E-state index in [1.807, 2.05) is 25.1 Å². The maximum atomic E-state index is 11.4. The molecular formula is C13H13N3O.